The van der Waals surface area contributed by atoms with E-state index in [1.165, 1.54) is 56.9 Å². The van der Waals surface area contributed by atoms with Gasteiger partial charge in [0.25, 0.3) is 0 Å². The highest BCUT2D eigenvalue weighted by atomic mass is 16.5. The van der Waals surface area contributed by atoms with Gasteiger partial charge in [-0.25, -0.2) is 0 Å². The summed E-state index contributed by atoms with van der Waals surface area (Å²) in [6, 6.07) is 8.52. The summed E-state index contributed by atoms with van der Waals surface area (Å²) < 4.78 is 5.44. The van der Waals surface area contributed by atoms with Gasteiger partial charge >= 0.3 is 0 Å². The molecular weight excluding hydrogens is 234 g/mol. The van der Waals surface area contributed by atoms with Crippen LogP contribution in [0, 0.1) is 0 Å². The van der Waals surface area contributed by atoms with Crippen molar-refractivity contribution >= 4 is 0 Å². The fourth-order valence-corrected chi connectivity index (χ4v) is 2.28. The fraction of sp³-hybridized carbons (Fsp3) is 0.647. The summed E-state index contributed by atoms with van der Waals surface area (Å²) in [6.45, 7) is 3.60. The molecule has 0 aliphatic heterocycles. The molecule has 0 fully saturated rings. The zero-order valence-electron chi connectivity index (χ0n) is 12.4. The number of benzene rings is 1. The van der Waals surface area contributed by atoms with Crippen LogP contribution >= 0.6 is 0 Å². The average Bonchev–Trinajstić information content (AvgIpc) is 2.44. The quantitative estimate of drug-likeness (QED) is 0.604. The SMILES string of the molecule is CCOc1ccc(CCCCCCCCCN)cc1. The number of rotatable bonds is 11. The fourth-order valence-electron chi connectivity index (χ4n) is 2.28. The van der Waals surface area contributed by atoms with Crippen LogP contribution in [0.3, 0.4) is 0 Å². The Morgan fingerprint density at radius 3 is 2.00 bits per heavy atom. The maximum Gasteiger partial charge on any atom is 0.119 e. The Balaban J connectivity index is 2.02. The molecule has 0 aliphatic carbocycles. The van der Waals surface area contributed by atoms with Gasteiger partial charge in [0.05, 0.1) is 6.61 Å². The van der Waals surface area contributed by atoms with Gasteiger partial charge in [0.15, 0.2) is 0 Å². The molecule has 19 heavy (non-hydrogen) atoms. The molecule has 1 aromatic rings. The zero-order chi connectivity index (χ0) is 13.8. The van der Waals surface area contributed by atoms with Gasteiger partial charge in [0.1, 0.15) is 5.75 Å². The number of aryl methyl sites for hydroxylation is 1. The summed E-state index contributed by atoms with van der Waals surface area (Å²) >= 11 is 0. The van der Waals surface area contributed by atoms with E-state index in [1.807, 2.05) is 6.92 Å². The van der Waals surface area contributed by atoms with Gasteiger partial charge in [-0.1, -0.05) is 44.2 Å². The lowest BCUT2D eigenvalue weighted by atomic mass is 10.0. The highest BCUT2D eigenvalue weighted by molar-refractivity contribution is 5.27. The molecule has 2 N–H and O–H groups in total. The number of unbranched alkanes of at least 4 members (excludes halogenated alkanes) is 6. The molecule has 0 saturated carbocycles. The first-order valence-electron chi connectivity index (χ1n) is 7.78. The van der Waals surface area contributed by atoms with Crippen molar-refractivity contribution in [3.8, 4) is 5.75 Å². The molecule has 0 saturated heterocycles. The van der Waals surface area contributed by atoms with E-state index in [2.05, 4.69) is 24.3 Å². The van der Waals surface area contributed by atoms with Crippen LogP contribution in [-0.4, -0.2) is 13.2 Å². The third-order valence-electron chi connectivity index (χ3n) is 3.40. The zero-order valence-corrected chi connectivity index (χ0v) is 12.4. The molecule has 2 heteroatoms. The summed E-state index contributed by atoms with van der Waals surface area (Å²) in [5, 5.41) is 0. The summed E-state index contributed by atoms with van der Waals surface area (Å²) in [4.78, 5) is 0. The molecule has 0 radical (unpaired) electrons. The van der Waals surface area contributed by atoms with Crippen molar-refractivity contribution in [2.75, 3.05) is 13.2 Å². The van der Waals surface area contributed by atoms with Crippen molar-refractivity contribution in [3.05, 3.63) is 29.8 Å². The third-order valence-corrected chi connectivity index (χ3v) is 3.40. The summed E-state index contributed by atoms with van der Waals surface area (Å²) in [7, 11) is 0. The lowest BCUT2D eigenvalue weighted by Crippen LogP contribution is -1.97. The predicted octanol–water partition coefficient (Wildman–Crippen LogP) is 4.32. The standard InChI is InChI=1S/C17H29NO/c1-2-19-17-13-11-16(12-14-17)10-8-6-4-3-5-7-9-15-18/h11-14H,2-10,15,18H2,1H3. The molecule has 0 unspecified atom stereocenters. The van der Waals surface area contributed by atoms with Crippen LogP contribution in [0.25, 0.3) is 0 Å². The topological polar surface area (TPSA) is 35.2 Å². The van der Waals surface area contributed by atoms with Crippen LogP contribution in [0.5, 0.6) is 5.75 Å². The van der Waals surface area contributed by atoms with E-state index < -0.39 is 0 Å². The van der Waals surface area contributed by atoms with E-state index in [0.29, 0.717) is 0 Å². The molecule has 0 spiro atoms. The van der Waals surface area contributed by atoms with Crippen molar-refractivity contribution in [1.29, 1.82) is 0 Å². The Bertz CT molecular complexity index is 308. The summed E-state index contributed by atoms with van der Waals surface area (Å²) in [5.41, 5.74) is 6.90. The Hall–Kier alpha value is -1.02. The van der Waals surface area contributed by atoms with Crippen molar-refractivity contribution in [2.45, 2.75) is 58.3 Å². The van der Waals surface area contributed by atoms with Crippen LogP contribution in [0.15, 0.2) is 24.3 Å². The molecule has 2 nitrogen and oxygen atoms in total. The molecule has 1 aromatic carbocycles. The van der Waals surface area contributed by atoms with E-state index >= 15 is 0 Å². The largest absolute Gasteiger partial charge is 0.494 e. The van der Waals surface area contributed by atoms with Gasteiger partial charge in [0.2, 0.25) is 0 Å². The Morgan fingerprint density at radius 2 is 1.42 bits per heavy atom. The van der Waals surface area contributed by atoms with Crippen LogP contribution in [0.4, 0.5) is 0 Å². The number of nitrogens with two attached hydrogens (primary N) is 1. The molecule has 0 aliphatic rings. The highest BCUT2D eigenvalue weighted by Gasteiger charge is 1.96. The molecular formula is C17H29NO. The number of hydrogen-bond donors (Lipinski definition) is 1. The maximum atomic E-state index is 5.48. The Kier molecular flexibility index (Phi) is 9.17. The third kappa shape index (κ3) is 7.89. The van der Waals surface area contributed by atoms with Gasteiger partial charge in [-0.15, -0.1) is 0 Å². The van der Waals surface area contributed by atoms with E-state index in [1.54, 1.807) is 0 Å². The molecule has 0 amide bonds. The van der Waals surface area contributed by atoms with Crippen LogP contribution in [0.1, 0.15) is 57.4 Å². The molecule has 1 rings (SSSR count). The Labute approximate surface area is 118 Å². The second-order valence-corrected chi connectivity index (χ2v) is 5.09. The molecule has 108 valence electrons. The number of ether oxygens (including phenoxy) is 1. The number of hydrogen-bond acceptors (Lipinski definition) is 2. The first kappa shape index (κ1) is 16.0. The van der Waals surface area contributed by atoms with E-state index in [4.69, 9.17) is 10.5 Å². The first-order valence-corrected chi connectivity index (χ1v) is 7.78. The second-order valence-electron chi connectivity index (χ2n) is 5.09. The van der Waals surface area contributed by atoms with Crippen molar-refractivity contribution in [3.63, 3.8) is 0 Å². The van der Waals surface area contributed by atoms with Crippen molar-refractivity contribution < 1.29 is 4.74 Å². The van der Waals surface area contributed by atoms with E-state index in [9.17, 15) is 0 Å². The van der Waals surface area contributed by atoms with Crippen molar-refractivity contribution in [1.82, 2.24) is 0 Å². The Morgan fingerprint density at radius 1 is 0.842 bits per heavy atom. The van der Waals surface area contributed by atoms with Gasteiger partial charge in [0, 0.05) is 0 Å². The van der Waals surface area contributed by atoms with Crippen LogP contribution in [-0.2, 0) is 6.42 Å². The first-order chi connectivity index (χ1) is 9.36. The van der Waals surface area contributed by atoms with E-state index in [-0.39, 0.29) is 0 Å². The van der Waals surface area contributed by atoms with Gasteiger partial charge in [-0.2, -0.15) is 0 Å². The van der Waals surface area contributed by atoms with Crippen molar-refractivity contribution in [2.24, 2.45) is 5.73 Å². The minimum absolute atomic E-state index is 0.740. The van der Waals surface area contributed by atoms with Crippen LogP contribution in [0.2, 0.25) is 0 Å². The summed E-state index contributed by atoms with van der Waals surface area (Å²) in [6.07, 6.45) is 10.4. The second kappa shape index (κ2) is 10.9. The minimum Gasteiger partial charge on any atom is -0.494 e. The molecule has 0 heterocycles. The average molecular weight is 263 g/mol. The van der Waals surface area contributed by atoms with Gasteiger partial charge in [-0.3, -0.25) is 0 Å². The molecule has 0 atom stereocenters. The van der Waals surface area contributed by atoms with Gasteiger partial charge in [-0.05, 0) is 50.4 Å². The van der Waals surface area contributed by atoms with Gasteiger partial charge < -0.3 is 10.5 Å². The lowest BCUT2D eigenvalue weighted by molar-refractivity contribution is 0.340. The minimum atomic E-state index is 0.740. The molecule has 0 bridgehead atoms. The highest BCUT2D eigenvalue weighted by Crippen LogP contribution is 2.15. The predicted molar refractivity (Wildman–Crippen MR) is 82.7 cm³/mol. The summed E-state index contributed by atoms with van der Waals surface area (Å²) in [5.74, 6) is 0.978. The monoisotopic (exact) mass is 263 g/mol. The lowest BCUT2D eigenvalue weighted by Gasteiger charge is -2.05. The van der Waals surface area contributed by atoms with E-state index in [0.717, 1.165) is 18.9 Å². The normalized spacial score (nSPS) is 10.6. The van der Waals surface area contributed by atoms with Crippen LogP contribution < -0.4 is 10.5 Å². The smallest absolute Gasteiger partial charge is 0.119 e. The molecule has 0 aromatic heterocycles. The maximum absolute atomic E-state index is 5.48.